The molecule has 1 aliphatic heterocycles. The number of carboxylic acids is 1. The van der Waals surface area contributed by atoms with Crippen molar-refractivity contribution in [3.63, 3.8) is 0 Å². The number of ether oxygens (including phenoxy) is 2. The molecule has 1 fully saturated rings. The van der Waals surface area contributed by atoms with Crippen molar-refractivity contribution in [2.24, 2.45) is 5.41 Å². The number of methoxy groups -OCH3 is 1. The van der Waals surface area contributed by atoms with Crippen molar-refractivity contribution in [1.82, 2.24) is 4.57 Å². The number of carbonyl (C=O) groups is 1. The van der Waals surface area contributed by atoms with Crippen LogP contribution in [0.1, 0.15) is 31.4 Å². The van der Waals surface area contributed by atoms with Crippen LogP contribution in [0.3, 0.4) is 0 Å². The van der Waals surface area contributed by atoms with Crippen LogP contribution in [0.15, 0.2) is 35.3 Å². The van der Waals surface area contributed by atoms with Crippen molar-refractivity contribution in [3.8, 4) is 22.9 Å². The summed E-state index contributed by atoms with van der Waals surface area (Å²) in [4.78, 5) is 24.9. The topological polar surface area (TPSA) is 102 Å². The summed E-state index contributed by atoms with van der Waals surface area (Å²) in [5, 5.41) is 19.6. The van der Waals surface area contributed by atoms with Gasteiger partial charge in [0.1, 0.15) is 11.8 Å². The van der Waals surface area contributed by atoms with Crippen LogP contribution in [0.4, 0.5) is 0 Å². The Bertz CT molecular complexity index is 1030. The van der Waals surface area contributed by atoms with Crippen LogP contribution in [0.2, 0.25) is 5.02 Å². The molecule has 1 N–H and O–H groups in total. The fraction of sp³-hybridized carbons (Fsp3) is 0.381. The quantitative estimate of drug-likeness (QED) is 0.741. The summed E-state index contributed by atoms with van der Waals surface area (Å²) in [5.41, 5.74) is 0.411. The van der Waals surface area contributed by atoms with Crippen LogP contribution in [-0.2, 0) is 9.53 Å². The van der Waals surface area contributed by atoms with Gasteiger partial charge in [-0.05, 0) is 31.0 Å². The second kappa shape index (κ2) is 8.27. The van der Waals surface area contributed by atoms with E-state index in [0.29, 0.717) is 34.9 Å². The highest BCUT2D eigenvalue weighted by atomic mass is 35.5. The van der Waals surface area contributed by atoms with Crippen LogP contribution >= 0.6 is 11.6 Å². The number of aliphatic carboxylic acids is 1. The zero-order valence-corrected chi connectivity index (χ0v) is 16.9. The second-order valence-corrected chi connectivity index (χ2v) is 7.64. The van der Waals surface area contributed by atoms with Crippen LogP contribution in [-0.4, -0.2) is 36.0 Å². The minimum absolute atomic E-state index is 0.255. The molecule has 1 aromatic heterocycles. The van der Waals surface area contributed by atoms with E-state index in [0.717, 1.165) is 6.42 Å². The van der Waals surface area contributed by atoms with Crippen molar-refractivity contribution in [2.45, 2.75) is 25.8 Å². The minimum atomic E-state index is -1.10. The van der Waals surface area contributed by atoms with E-state index in [1.54, 1.807) is 18.2 Å². The van der Waals surface area contributed by atoms with Crippen LogP contribution in [0, 0.1) is 16.7 Å². The van der Waals surface area contributed by atoms with Gasteiger partial charge in [-0.25, -0.2) is 4.79 Å². The predicted octanol–water partition coefficient (Wildman–Crippen LogP) is 3.49. The van der Waals surface area contributed by atoms with Crippen molar-refractivity contribution in [1.29, 1.82) is 5.26 Å². The number of aromatic nitrogens is 1. The van der Waals surface area contributed by atoms with E-state index >= 15 is 0 Å². The first-order valence-corrected chi connectivity index (χ1v) is 9.52. The number of nitrogens with zero attached hydrogens (tertiary/aromatic N) is 2. The summed E-state index contributed by atoms with van der Waals surface area (Å²) < 4.78 is 11.9. The zero-order chi connectivity index (χ0) is 21.2. The molecule has 8 heteroatoms. The Kier molecular flexibility index (Phi) is 5.96. The monoisotopic (exact) mass is 416 g/mol. The SMILES string of the molecule is CCC1(CC(C(=O)O)n2cc(OC)c(-c3cc(Cl)ccc3C#N)cc2=O)COC1. The van der Waals surface area contributed by atoms with Gasteiger partial charge in [0.15, 0.2) is 0 Å². The van der Waals surface area contributed by atoms with Gasteiger partial charge in [0.05, 0.1) is 38.2 Å². The van der Waals surface area contributed by atoms with Gasteiger partial charge in [0.2, 0.25) is 0 Å². The smallest absolute Gasteiger partial charge is 0.326 e. The van der Waals surface area contributed by atoms with Gasteiger partial charge >= 0.3 is 5.97 Å². The number of nitriles is 1. The van der Waals surface area contributed by atoms with E-state index in [1.165, 1.54) is 23.9 Å². The summed E-state index contributed by atoms with van der Waals surface area (Å²) in [6.45, 7) is 2.94. The Morgan fingerprint density at radius 1 is 1.41 bits per heavy atom. The maximum Gasteiger partial charge on any atom is 0.326 e. The minimum Gasteiger partial charge on any atom is -0.495 e. The van der Waals surface area contributed by atoms with E-state index in [-0.39, 0.29) is 17.6 Å². The number of rotatable bonds is 7. The fourth-order valence-electron chi connectivity index (χ4n) is 3.55. The molecule has 0 aliphatic carbocycles. The third-order valence-electron chi connectivity index (χ3n) is 5.47. The summed E-state index contributed by atoms with van der Waals surface area (Å²) in [5.74, 6) is -0.813. The molecule has 1 unspecified atom stereocenters. The van der Waals surface area contributed by atoms with Gasteiger partial charge in [0, 0.05) is 27.6 Å². The molecule has 1 saturated heterocycles. The van der Waals surface area contributed by atoms with Gasteiger partial charge in [-0.3, -0.25) is 9.36 Å². The maximum atomic E-state index is 12.9. The molecule has 152 valence electrons. The van der Waals surface area contributed by atoms with Crippen molar-refractivity contribution < 1.29 is 19.4 Å². The lowest BCUT2D eigenvalue weighted by Crippen LogP contribution is -2.45. The molecule has 0 saturated carbocycles. The summed E-state index contributed by atoms with van der Waals surface area (Å²) in [6, 6.07) is 7.03. The lowest BCUT2D eigenvalue weighted by molar-refractivity contribution is -0.151. The van der Waals surface area contributed by atoms with Gasteiger partial charge in [0.25, 0.3) is 5.56 Å². The number of pyridine rings is 1. The Morgan fingerprint density at radius 2 is 2.14 bits per heavy atom. The average molecular weight is 417 g/mol. The predicted molar refractivity (Wildman–Crippen MR) is 107 cm³/mol. The lowest BCUT2D eigenvalue weighted by atomic mass is 9.77. The molecule has 29 heavy (non-hydrogen) atoms. The highest BCUT2D eigenvalue weighted by molar-refractivity contribution is 6.31. The third kappa shape index (κ3) is 4.00. The number of benzene rings is 1. The number of halogens is 1. The molecule has 2 heterocycles. The lowest BCUT2D eigenvalue weighted by Gasteiger charge is -2.42. The summed E-state index contributed by atoms with van der Waals surface area (Å²) in [6.07, 6.45) is 2.43. The first-order valence-electron chi connectivity index (χ1n) is 9.15. The molecule has 7 nitrogen and oxygen atoms in total. The van der Waals surface area contributed by atoms with Gasteiger partial charge < -0.3 is 14.6 Å². The van der Waals surface area contributed by atoms with Gasteiger partial charge in [-0.2, -0.15) is 5.26 Å². The van der Waals surface area contributed by atoms with Crippen LogP contribution in [0.25, 0.3) is 11.1 Å². The Morgan fingerprint density at radius 3 is 2.66 bits per heavy atom. The highest BCUT2D eigenvalue weighted by Crippen LogP contribution is 2.40. The van der Waals surface area contributed by atoms with Crippen molar-refractivity contribution >= 4 is 17.6 Å². The van der Waals surface area contributed by atoms with E-state index in [2.05, 4.69) is 6.07 Å². The summed E-state index contributed by atoms with van der Waals surface area (Å²) >= 11 is 6.07. The normalized spacial score (nSPS) is 15.8. The van der Waals surface area contributed by atoms with E-state index in [4.69, 9.17) is 21.1 Å². The van der Waals surface area contributed by atoms with Crippen molar-refractivity contribution in [3.05, 3.63) is 51.4 Å². The molecular formula is C21H21ClN2O5. The van der Waals surface area contributed by atoms with Crippen LogP contribution < -0.4 is 10.3 Å². The number of carboxylic acid groups (broad SMARTS) is 1. The molecule has 1 aromatic carbocycles. The average Bonchev–Trinajstić information content (AvgIpc) is 2.67. The van der Waals surface area contributed by atoms with Gasteiger partial charge in [-0.1, -0.05) is 18.5 Å². The van der Waals surface area contributed by atoms with Crippen molar-refractivity contribution in [2.75, 3.05) is 20.3 Å². The molecule has 0 spiro atoms. The van der Waals surface area contributed by atoms with Gasteiger partial charge in [-0.15, -0.1) is 0 Å². The summed E-state index contributed by atoms with van der Waals surface area (Å²) in [7, 11) is 1.42. The maximum absolute atomic E-state index is 12.9. The Balaban J connectivity index is 2.11. The second-order valence-electron chi connectivity index (χ2n) is 7.21. The fourth-order valence-corrected chi connectivity index (χ4v) is 3.73. The molecule has 0 bridgehead atoms. The Labute approximate surface area is 173 Å². The van der Waals surface area contributed by atoms with E-state index in [9.17, 15) is 20.0 Å². The van der Waals surface area contributed by atoms with E-state index < -0.39 is 17.6 Å². The largest absolute Gasteiger partial charge is 0.495 e. The first-order chi connectivity index (χ1) is 13.8. The molecule has 0 radical (unpaired) electrons. The third-order valence-corrected chi connectivity index (χ3v) is 5.71. The number of hydrogen-bond donors (Lipinski definition) is 1. The standard InChI is InChI=1S/C21H21ClN2O5/c1-3-21(11-29-12-21)8-17(20(26)27)24-10-18(28-2)16(7-19(24)25)15-6-14(22)5-4-13(15)9-23/h4-7,10,17H,3,8,11-12H2,1-2H3,(H,26,27). The molecule has 0 amide bonds. The van der Waals surface area contributed by atoms with Crippen LogP contribution in [0.5, 0.6) is 5.75 Å². The Hall–Kier alpha value is -2.82. The highest BCUT2D eigenvalue weighted by Gasteiger charge is 2.41. The van der Waals surface area contributed by atoms with E-state index in [1.807, 2.05) is 6.92 Å². The number of hydrogen-bond acceptors (Lipinski definition) is 5. The molecule has 2 aromatic rings. The molecular weight excluding hydrogens is 396 g/mol. The molecule has 1 atom stereocenters. The zero-order valence-electron chi connectivity index (χ0n) is 16.1. The first kappa shape index (κ1) is 20.9. The molecule has 1 aliphatic rings. The molecule has 3 rings (SSSR count).